The molecule has 1 nitrogen and oxygen atoms in total. The Morgan fingerprint density at radius 1 is 1.28 bits per heavy atom. The zero-order valence-electron chi connectivity index (χ0n) is 11.4. The summed E-state index contributed by atoms with van der Waals surface area (Å²) in [5, 5.41) is 0. The zero-order chi connectivity index (χ0) is 13.0. The van der Waals surface area contributed by atoms with Gasteiger partial charge in [0, 0.05) is 16.7 Å². The van der Waals surface area contributed by atoms with E-state index in [-0.39, 0.29) is 6.04 Å². The van der Waals surface area contributed by atoms with E-state index in [2.05, 4.69) is 50.3 Å². The third-order valence-corrected chi connectivity index (χ3v) is 4.39. The van der Waals surface area contributed by atoms with Gasteiger partial charge in [-0.15, -0.1) is 11.8 Å². The standard InChI is InChI=1S/C16H23NS/c1-16(2)11-13(10-14(17)12-16)8-9-18-15-6-4-3-5-7-15/h3-7,10,14H,8-9,11-12,17H2,1-2H3. The van der Waals surface area contributed by atoms with Gasteiger partial charge in [0.2, 0.25) is 0 Å². The van der Waals surface area contributed by atoms with Crippen molar-refractivity contribution in [1.82, 2.24) is 0 Å². The maximum Gasteiger partial charge on any atom is 0.0231 e. The lowest BCUT2D eigenvalue weighted by Gasteiger charge is -2.33. The normalized spacial score (nSPS) is 22.6. The Morgan fingerprint density at radius 2 is 2.00 bits per heavy atom. The molecule has 1 aromatic carbocycles. The average Bonchev–Trinajstić information content (AvgIpc) is 2.27. The highest BCUT2D eigenvalue weighted by atomic mass is 32.2. The largest absolute Gasteiger partial charge is 0.324 e. The Labute approximate surface area is 115 Å². The average molecular weight is 261 g/mol. The van der Waals surface area contributed by atoms with E-state index in [1.807, 2.05) is 11.8 Å². The molecule has 0 fully saturated rings. The van der Waals surface area contributed by atoms with Crippen LogP contribution < -0.4 is 5.73 Å². The van der Waals surface area contributed by atoms with Gasteiger partial charge in [0.25, 0.3) is 0 Å². The Morgan fingerprint density at radius 3 is 2.67 bits per heavy atom. The summed E-state index contributed by atoms with van der Waals surface area (Å²) in [5.41, 5.74) is 8.02. The molecule has 0 radical (unpaired) electrons. The smallest absolute Gasteiger partial charge is 0.0231 e. The molecule has 1 atom stereocenters. The molecule has 0 saturated carbocycles. The van der Waals surface area contributed by atoms with Gasteiger partial charge in [-0.05, 0) is 36.8 Å². The second kappa shape index (κ2) is 5.94. The van der Waals surface area contributed by atoms with Crippen molar-refractivity contribution in [3.63, 3.8) is 0 Å². The highest BCUT2D eigenvalue weighted by molar-refractivity contribution is 7.99. The molecule has 0 saturated heterocycles. The van der Waals surface area contributed by atoms with Gasteiger partial charge in [-0.2, -0.15) is 0 Å². The molecule has 1 aliphatic rings. The Kier molecular flexibility index (Phi) is 4.52. The van der Waals surface area contributed by atoms with Crippen LogP contribution in [0.4, 0.5) is 0 Å². The summed E-state index contributed by atoms with van der Waals surface area (Å²) in [7, 11) is 0. The summed E-state index contributed by atoms with van der Waals surface area (Å²) in [6.07, 6.45) is 5.77. The van der Waals surface area contributed by atoms with Crippen LogP contribution in [0, 0.1) is 5.41 Å². The molecule has 0 aliphatic heterocycles. The van der Waals surface area contributed by atoms with Gasteiger partial charge < -0.3 is 5.73 Å². The van der Waals surface area contributed by atoms with Gasteiger partial charge in [0.1, 0.15) is 0 Å². The van der Waals surface area contributed by atoms with Crippen molar-refractivity contribution in [2.75, 3.05) is 5.75 Å². The van der Waals surface area contributed by atoms with E-state index in [1.54, 1.807) is 5.57 Å². The molecule has 0 heterocycles. The van der Waals surface area contributed by atoms with E-state index in [0.717, 1.165) is 18.6 Å². The quantitative estimate of drug-likeness (QED) is 0.648. The second-order valence-corrected chi connectivity index (χ2v) is 7.11. The second-order valence-electron chi connectivity index (χ2n) is 5.95. The number of allylic oxidation sites excluding steroid dienone is 1. The molecular weight excluding hydrogens is 238 g/mol. The third-order valence-electron chi connectivity index (χ3n) is 3.38. The molecule has 1 aliphatic carbocycles. The fourth-order valence-electron chi connectivity index (χ4n) is 2.73. The summed E-state index contributed by atoms with van der Waals surface area (Å²) < 4.78 is 0. The maximum atomic E-state index is 6.10. The molecule has 18 heavy (non-hydrogen) atoms. The zero-order valence-corrected chi connectivity index (χ0v) is 12.2. The fourth-order valence-corrected chi connectivity index (χ4v) is 3.68. The molecule has 0 aromatic heterocycles. The summed E-state index contributed by atoms with van der Waals surface area (Å²) in [6, 6.07) is 10.9. The van der Waals surface area contributed by atoms with Gasteiger partial charge in [-0.25, -0.2) is 0 Å². The Balaban J connectivity index is 1.83. The molecule has 2 rings (SSSR count). The van der Waals surface area contributed by atoms with Crippen molar-refractivity contribution < 1.29 is 0 Å². The first-order chi connectivity index (χ1) is 8.55. The van der Waals surface area contributed by atoms with Crippen molar-refractivity contribution in [3.8, 4) is 0 Å². The first-order valence-electron chi connectivity index (χ1n) is 6.68. The molecular formula is C16H23NS. The van der Waals surface area contributed by atoms with Crippen LogP contribution in [0.15, 0.2) is 46.9 Å². The van der Waals surface area contributed by atoms with E-state index in [1.165, 1.54) is 11.3 Å². The van der Waals surface area contributed by atoms with Gasteiger partial charge in [-0.3, -0.25) is 0 Å². The Hall–Kier alpha value is -0.730. The van der Waals surface area contributed by atoms with Gasteiger partial charge >= 0.3 is 0 Å². The lowest BCUT2D eigenvalue weighted by atomic mass is 9.75. The molecule has 0 spiro atoms. The van der Waals surface area contributed by atoms with Crippen molar-refractivity contribution in [2.45, 2.75) is 44.0 Å². The molecule has 2 N–H and O–H groups in total. The minimum atomic E-state index is 0.255. The van der Waals surface area contributed by atoms with Crippen molar-refractivity contribution in [3.05, 3.63) is 42.0 Å². The van der Waals surface area contributed by atoms with E-state index in [0.29, 0.717) is 5.41 Å². The molecule has 2 heteroatoms. The first-order valence-corrected chi connectivity index (χ1v) is 7.67. The first kappa shape index (κ1) is 13.7. The number of benzene rings is 1. The van der Waals surface area contributed by atoms with E-state index < -0.39 is 0 Å². The van der Waals surface area contributed by atoms with E-state index >= 15 is 0 Å². The highest BCUT2D eigenvalue weighted by Gasteiger charge is 2.26. The van der Waals surface area contributed by atoms with Gasteiger partial charge in [0.05, 0.1) is 0 Å². The molecule has 0 amide bonds. The number of nitrogens with two attached hydrogens (primary N) is 1. The van der Waals surface area contributed by atoms with Crippen LogP contribution in [0.2, 0.25) is 0 Å². The monoisotopic (exact) mass is 261 g/mol. The maximum absolute atomic E-state index is 6.10. The van der Waals surface area contributed by atoms with E-state index in [4.69, 9.17) is 5.73 Å². The molecule has 1 aromatic rings. The van der Waals surface area contributed by atoms with Crippen LogP contribution in [-0.4, -0.2) is 11.8 Å². The fraction of sp³-hybridized carbons (Fsp3) is 0.500. The number of hydrogen-bond acceptors (Lipinski definition) is 2. The van der Waals surface area contributed by atoms with Crippen molar-refractivity contribution in [1.29, 1.82) is 0 Å². The van der Waals surface area contributed by atoms with Crippen LogP contribution in [0.3, 0.4) is 0 Å². The van der Waals surface area contributed by atoms with E-state index in [9.17, 15) is 0 Å². The Bertz CT molecular complexity index is 408. The summed E-state index contributed by atoms with van der Waals surface area (Å²) in [4.78, 5) is 1.36. The summed E-state index contributed by atoms with van der Waals surface area (Å²) >= 11 is 1.93. The van der Waals surface area contributed by atoms with Crippen molar-refractivity contribution >= 4 is 11.8 Å². The highest BCUT2D eigenvalue weighted by Crippen LogP contribution is 2.36. The minimum absolute atomic E-state index is 0.255. The molecule has 98 valence electrons. The summed E-state index contributed by atoms with van der Waals surface area (Å²) in [5.74, 6) is 1.15. The van der Waals surface area contributed by atoms with Crippen LogP contribution in [-0.2, 0) is 0 Å². The molecule has 1 unspecified atom stereocenters. The predicted octanol–water partition coefficient (Wildman–Crippen LogP) is 4.24. The SMILES string of the molecule is CC1(C)CC(CCSc2ccccc2)=CC(N)C1. The number of rotatable bonds is 4. The van der Waals surface area contributed by atoms with Crippen LogP contribution in [0.5, 0.6) is 0 Å². The number of thioether (sulfide) groups is 1. The summed E-state index contributed by atoms with van der Waals surface area (Å²) in [6.45, 7) is 4.65. The molecule has 0 bridgehead atoms. The minimum Gasteiger partial charge on any atom is -0.324 e. The van der Waals surface area contributed by atoms with Crippen LogP contribution >= 0.6 is 11.8 Å². The lowest BCUT2D eigenvalue weighted by Crippen LogP contribution is -2.31. The number of hydrogen-bond donors (Lipinski definition) is 1. The lowest BCUT2D eigenvalue weighted by molar-refractivity contribution is 0.299. The van der Waals surface area contributed by atoms with Crippen LogP contribution in [0.25, 0.3) is 0 Å². The van der Waals surface area contributed by atoms with Crippen molar-refractivity contribution in [2.24, 2.45) is 11.1 Å². The third kappa shape index (κ3) is 4.18. The topological polar surface area (TPSA) is 26.0 Å². The predicted molar refractivity (Wildman–Crippen MR) is 80.9 cm³/mol. The van der Waals surface area contributed by atoms with Crippen LogP contribution in [0.1, 0.15) is 33.1 Å². The van der Waals surface area contributed by atoms with Gasteiger partial charge in [0.15, 0.2) is 0 Å². The van der Waals surface area contributed by atoms with Gasteiger partial charge in [-0.1, -0.05) is 43.7 Å².